The summed E-state index contributed by atoms with van der Waals surface area (Å²) in [5, 5.41) is 8.89. The average Bonchev–Trinajstić information content (AvgIpc) is 2.73. The van der Waals surface area contributed by atoms with E-state index in [1.165, 1.54) is 6.08 Å². The van der Waals surface area contributed by atoms with Gasteiger partial charge in [0.2, 0.25) is 17.5 Å². The second-order valence-electron chi connectivity index (χ2n) is 3.12. The number of hydrogen-bond acceptors (Lipinski definition) is 5. The second kappa shape index (κ2) is 4.15. The van der Waals surface area contributed by atoms with Crippen LogP contribution in [-0.2, 0) is 4.74 Å². The minimum atomic E-state index is 0.312. The Morgan fingerprint density at radius 1 is 1.47 bits per heavy atom. The molecule has 0 spiro atoms. The van der Waals surface area contributed by atoms with Crippen molar-refractivity contribution >= 4 is 12.0 Å². The summed E-state index contributed by atoms with van der Waals surface area (Å²) in [6, 6.07) is 2.01. The SMILES string of the molecule is C=Cc1nc(C#N)c(N2CCOCC2)o1. The minimum absolute atomic E-state index is 0.312. The summed E-state index contributed by atoms with van der Waals surface area (Å²) in [5.41, 5.74) is 0.312. The number of ether oxygens (including phenoxy) is 1. The number of anilines is 1. The van der Waals surface area contributed by atoms with Crippen molar-refractivity contribution in [1.82, 2.24) is 4.98 Å². The standard InChI is InChI=1S/C10H11N3O2/c1-2-9-12-8(7-11)10(15-9)13-3-5-14-6-4-13/h2H,1,3-6H2. The maximum Gasteiger partial charge on any atom is 0.235 e. The largest absolute Gasteiger partial charge is 0.420 e. The number of aromatic nitrogens is 1. The second-order valence-corrected chi connectivity index (χ2v) is 3.12. The van der Waals surface area contributed by atoms with E-state index in [0.29, 0.717) is 30.7 Å². The highest BCUT2D eigenvalue weighted by Gasteiger charge is 2.20. The number of rotatable bonds is 2. The number of hydrogen-bond donors (Lipinski definition) is 0. The fourth-order valence-electron chi connectivity index (χ4n) is 1.47. The van der Waals surface area contributed by atoms with Gasteiger partial charge in [-0.25, -0.2) is 0 Å². The summed E-state index contributed by atoms with van der Waals surface area (Å²) >= 11 is 0. The maximum absolute atomic E-state index is 8.89. The van der Waals surface area contributed by atoms with Gasteiger partial charge in [0.05, 0.1) is 13.2 Å². The molecule has 0 N–H and O–H groups in total. The molecule has 0 aliphatic carbocycles. The van der Waals surface area contributed by atoms with E-state index in [0.717, 1.165) is 13.1 Å². The van der Waals surface area contributed by atoms with Gasteiger partial charge in [-0.05, 0) is 6.08 Å². The van der Waals surface area contributed by atoms with Crippen molar-refractivity contribution in [2.24, 2.45) is 0 Å². The van der Waals surface area contributed by atoms with Crippen molar-refractivity contribution < 1.29 is 9.15 Å². The molecule has 5 nitrogen and oxygen atoms in total. The van der Waals surface area contributed by atoms with Crippen LogP contribution in [0.2, 0.25) is 0 Å². The Bertz CT molecular complexity index is 399. The molecule has 2 heterocycles. The first kappa shape index (κ1) is 9.74. The lowest BCUT2D eigenvalue weighted by Crippen LogP contribution is -2.36. The van der Waals surface area contributed by atoms with E-state index in [4.69, 9.17) is 14.4 Å². The molecule has 1 aromatic rings. The van der Waals surface area contributed by atoms with Crippen LogP contribution in [0.5, 0.6) is 0 Å². The predicted molar refractivity (Wildman–Crippen MR) is 54.3 cm³/mol. The molecule has 0 radical (unpaired) electrons. The topological polar surface area (TPSA) is 62.3 Å². The van der Waals surface area contributed by atoms with E-state index in [2.05, 4.69) is 11.6 Å². The van der Waals surface area contributed by atoms with Crippen LogP contribution in [0.15, 0.2) is 11.0 Å². The van der Waals surface area contributed by atoms with Crippen molar-refractivity contribution in [2.45, 2.75) is 0 Å². The fourth-order valence-corrected chi connectivity index (χ4v) is 1.47. The fraction of sp³-hybridized carbons (Fsp3) is 0.400. The van der Waals surface area contributed by atoms with Gasteiger partial charge in [0.25, 0.3) is 0 Å². The predicted octanol–water partition coefficient (Wildman–Crippen LogP) is 1.03. The number of nitrogens with zero attached hydrogens (tertiary/aromatic N) is 3. The Balaban J connectivity index is 2.29. The Hall–Kier alpha value is -1.80. The Labute approximate surface area is 87.6 Å². The molecule has 0 saturated carbocycles. The molecule has 15 heavy (non-hydrogen) atoms. The van der Waals surface area contributed by atoms with Crippen LogP contribution in [-0.4, -0.2) is 31.3 Å². The molecule has 1 saturated heterocycles. The van der Waals surface area contributed by atoms with Gasteiger partial charge in [-0.1, -0.05) is 6.58 Å². The zero-order valence-corrected chi connectivity index (χ0v) is 8.27. The van der Waals surface area contributed by atoms with Gasteiger partial charge < -0.3 is 14.1 Å². The number of oxazole rings is 1. The van der Waals surface area contributed by atoms with Crippen LogP contribution in [0.4, 0.5) is 5.88 Å². The van der Waals surface area contributed by atoms with E-state index >= 15 is 0 Å². The van der Waals surface area contributed by atoms with E-state index in [1.54, 1.807) is 0 Å². The molecule has 2 rings (SSSR count). The number of nitriles is 1. The van der Waals surface area contributed by atoms with Crippen LogP contribution >= 0.6 is 0 Å². The molecule has 0 atom stereocenters. The smallest absolute Gasteiger partial charge is 0.235 e. The summed E-state index contributed by atoms with van der Waals surface area (Å²) in [4.78, 5) is 5.95. The van der Waals surface area contributed by atoms with Crippen molar-refractivity contribution in [3.63, 3.8) is 0 Å². The van der Waals surface area contributed by atoms with Crippen LogP contribution in [0.25, 0.3) is 6.08 Å². The maximum atomic E-state index is 8.89. The Morgan fingerprint density at radius 2 is 2.20 bits per heavy atom. The molecule has 78 valence electrons. The van der Waals surface area contributed by atoms with Crippen molar-refractivity contribution in [3.05, 3.63) is 18.2 Å². The quantitative estimate of drug-likeness (QED) is 0.721. The van der Waals surface area contributed by atoms with Crippen molar-refractivity contribution in [2.75, 3.05) is 31.2 Å². The van der Waals surface area contributed by atoms with E-state index in [9.17, 15) is 0 Å². The van der Waals surface area contributed by atoms with Crippen LogP contribution in [0.1, 0.15) is 11.6 Å². The first-order valence-corrected chi connectivity index (χ1v) is 4.71. The molecular weight excluding hydrogens is 194 g/mol. The highest BCUT2D eigenvalue weighted by atomic mass is 16.5. The lowest BCUT2D eigenvalue weighted by molar-refractivity contribution is 0.120. The summed E-state index contributed by atoms with van der Waals surface area (Å²) < 4.78 is 10.6. The van der Waals surface area contributed by atoms with Gasteiger partial charge in [-0.15, -0.1) is 0 Å². The third-order valence-electron chi connectivity index (χ3n) is 2.20. The van der Waals surface area contributed by atoms with Gasteiger partial charge in [-0.2, -0.15) is 10.2 Å². The molecule has 0 unspecified atom stereocenters. The number of morpholine rings is 1. The zero-order valence-electron chi connectivity index (χ0n) is 8.27. The van der Waals surface area contributed by atoms with Crippen LogP contribution in [0, 0.1) is 11.3 Å². The Morgan fingerprint density at radius 3 is 2.80 bits per heavy atom. The molecular formula is C10H11N3O2. The first-order chi connectivity index (χ1) is 7.35. The van der Waals surface area contributed by atoms with Crippen LogP contribution in [0.3, 0.4) is 0 Å². The van der Waals surface area contributed by atoms with Crippen molar-refractivity contribution in [1.29, 1.82) is 5.26 Å². The van der Waals surface area contributed by atoms with E-state index in [1.807, 2.05) is 11.0 Å². The molecule has 1 aliphatic heterocycles. The normalized spacial score (nSPS) is 16.1. The van der Waals surface area contributed by atoms with Gasteiger partial charge in [-0.3, -0.25) is 0 Å². The Kier molecular flexibility index (Phi) is 2.70. The highest BCUT2D eigenvalue weighted by molar-refractivity contribution is 5.51. The summed E-state index contributed by atoms with van der Waals surface area (Å²) in [6.45, 7) is 6.30. The molecule has 0 bridgehead atoms. The highest BCUT2D eigenvalue weighted by Crippen LogP contribution is 2.22. The van der Waals surface area contributed by atoms with E-state index < -0.39 is 0 Å². The van der Waals surface area contributed by atoms with Crippen LogP contribution < -0.4 is 4.90 Å². The van der Waals surface area contributed by atoms with Gasteiger partial charge in [0.15, 0.2) is 0 Å². The molecule has 1 aromatic heterocycles. The average molecular weight is 205 g/mol. The van der Waals surface area contributed by atoms with Gasteiger partial charge in [0, 0.05) is 13.1 Å². The molecule has 5 heteroatoms. The third-order valence-corrected chi connectivity index (χ3v) is 2.20. The van der Waals surface area contributed by atoms with E-state index in [-0.39, 0.29) is 0 Å². The van der Waals surface area contributed by atoms with Gasteiger partial charge in [0.1, 0.15) is 6.07 Å². The molecule has 0 amide bonds. The van der Waals surface area contributed by atoms with Crippen molar-refractivity contribution in [3.8, 4) is 6.07 Å². The molecule has 1 aliphatic rings. The molecule has 1 fully saturated rings. The van der Waals surface area contributed by atoms with Gasteiger partial charge >= 0.3 is 0 Å². The lowest BCUT2D eigenvalue weighted by Gasteiger charge is -2.25. The third kappa shape index (κ3) is 1.85. The summed E-state index contributed by atoms with van der Waals surface area (Å²) in [7, 11) is 0. The zero-order chi connectivity index (χ0) is 10.7. The summed E-state index contributed by atoms with van der Waals surface area (Å²) in [6.07, 6.45) is 1.49. The lowest BCUT2D eigenvalue weighted by atomic mass is 10.4. The monoisotopic (exact) mass is 205 g/mol. The minimum Gasteiger partial charge on any atom is -0.420 e. The molecule has 0 aromatic carbocycles. The summed E-state index contributed by atoms with van der Waals surface area (Å²) in [5.74, 6) is 0.906. The first-order valence-electron chi connectivity index (χ1n) is 4.71.